The molecule has 0 amide bonds. The van der Waals surface area contributed by atoms with Gasteiger partial charge in [-0.25, -0.2) is 4.39 Å². The van der Waals surface area contributed by atoms with E-state index in [4.69, 9.17) is 0 Å². The van der Waals surface area contributed by atoms with Gasteiger partial charge in [0.1, 0.15) is 11.6 Å². The van der Waals surface area contributed by atoms with Crippen LogP contribution in [0.2, 0.25) is 0 Å². The van der Waals surface area contributed by atoms with Gasteiger partial charge >= 0.3 is 0 Å². The van der Waals surface area contributed by atoms with Crippen molar-refractivity contribution in [3.05, 3.63) is 29.6 Å². The number of halogens is 1. The summed E-state index contributed by atoms with van der Waals surface area (Å²) in [5.74, 6) is 0.566. The second kappa shape index (κ2) is 6.38. The number of phenols is 1. The van der Waals surface area contributed by atoms with E-state index >= 15 is 0 Å². The summed E-state index contributed by atoms with van der Waals surface area (Å²) in [5.41, 5.74) is 0.641. The highest BCUT2D eigenvalue weighted by Gasteiger charge is 2.22. The Balaban J connectivity index is 1.99. The number of phenolic OH excluding ortho intramolecular Hbond substituents is 1. The van der Waals surface area contributed by atoms with E-state index in [1.54, 1.807) is 0 Å². The maximum absolute atomic E-state index is 13.3. The van der Waals surface area contributed by atoms with Crippen LogP contribution in [-0.2, 0) is 0 Å². The molecule has 1 aromatic rings. The molecule has 1 saturated carbocycles. The van der Waals surface area contributed by atoms with Crippen LogP contribution in [0.1, 0.15) is 57.6 Å². The van der Waals surface area contributed by atoms with E-state index in [1.165, 1.54) is 50.3 Å². The fourth-order valence-electron chi connectivity index (χ4n) is 3.13. The average Bonchev–Trinajstić information content (AvgIpc) is 2.42. The number of hydrogen-bond donors (Lipinski definition) is 2. The van der Waals surface area contributed by atoms with E-state index in [-0.39, 0.29) is 17.6 Å². The first-order valence-corrected chi connectivity index (χ1v) is 7.32. The molecule has 0 radical (unpaired) electrons. The quantitative estimate of drug-likeness (QED) is 0.857. The van der Waals surface area contributed by atoms with Crippen LogP contribution in [0.3, 0.4) is 0 Å². The van der Waals surface area contributed by atoms with Crippen LogP contribution in [0, 0.1) is 11.7 Å². The maximum Gasteiger partial charge on any atom is 0.123 e. The minimum absolute atomic E-state index is 0.0346. The first-order chi connectivity index (χ1) is 9.08. The molecule has 1 aliphatic carbocycles. The molecule has 0 spiro atoms. The molecule has 3 heteroatoms. The molecule has 1 aromatic carbocycles. The summed E-state index contributed by atoms with van der Waals surface area (Å²) in [6.07, 6.45) is 6.53. The van der Waals surface area contributed by atoms with Crippen LogP contribution in [0.25, 0.3) is 0 Å². The van der Waals surface area contributed by atoms with Gasteiger partial charge in [0, 0.05) is 17.6 Å². The van der Waals surface area contributed by atoms with E-state index in [2.05, 4.69) is 12.2 Å². The third kappa shape index (κ3) is 3.69. The van der Waals surface area contributed by atoms with Crippen LogP contribution >= 0.6 is 0 Å². The zero-order valence-corrected chi connectivity index (χ0v) is 11.8. The van der Waals surface area contributed by atoms with Gasteiger partial charge in [-0.15, -0.1) is 0 Å². The Labute approximate surface area is 115 Å². The van der Waals surface area contributed by atoms with Gasteiger partial charge in [0.2, 0.25) is 0 Å². The van der Waals surface area contributed by atoms with Crippen molar-refractivity contribution >= 4 is 0 Å². The third-order valence-electron chi connectivity index (χ3n) is 4.33. The first kappa shape index (κ1) is 14.3. The van der Waals surface area contributed by atoms with Crippen LogP contribution in [0.5, 0.6) is 5.75 Å². The highest BCUT2D eigenvalue weighted by Crippen LogP contribution is 2.29. The molecule has 19 heavy (non-hydrogen) atoms. The average molecular weight is 265 g/mol. The molecule has 0 saturated heterocycles. The van der Waals surface area contributed by atoms with E-state index in [1.807, 2.05) is 6.92 Å². The molecule has 0 heterocycles. The summed E-state index contributed by atoms with van der Waals surface area (Å²) in [6, 6.07) is 4.50. The van der Waals surface area contributed by atoms with Gasteiger partial charge in [0.15, 0.2) is 0 Å². The van der Waals surface area contributed by atoms with Crippen molar-refractivity contribution in [1.29, 1.82) is 0 Å². The standard InChI is InChI=1S/C16H24FNO/c1-11(13-6-4-3-5-7-13)18-12(2)15-10-14(17)8-9-16(15)19/h8-13,18-19H,3-7H2,1-2H3/t11-,12?/m0/s1. The molecule has 0 aromatic heterocycles. The Hall–Kier alpha value is -1.09. The predicted molar refractivity (Wildman–Crippen MR) is 75.7 cm³/mol. The number of aromatic hydroxyl groups is 1. The zero-order chi connectivity index (χ0) is 13.8. The van der Waals surface area contributed by atoms with Crippen molar-refractivity contribution in [2.24, 2.45) is 5.92 Å². The van der Waals surface area contributed by atoms with Crippen molar-refractivity contribution in [2.75, 3.05) is 0 Å². The molecular weight excluding hydrogens is 241 g/mol. The number of nitrogens with one attached hydrogen (secondary N) is 1. The highest BCUT2D eigenvalue weighted by molar-refractivity contribution is 5.34. The molecule has 2 atom stereocenters. The fraction of sp³-hybridized carbons (Fsp3) is 0.625. The van der Waals surface area contributed by atoms with Gasteiger partial charge in [0.25, 0.3) is 0 Å². The normalized spacial score (nSPS) is 20.2. The Morgan fingerprint density at radius 1 is 1.21 bits per heavy atom. The summed E-state index contributed by atoms with van der Waals surface area (Å²) >= 11 is 0. The van der Waals surface area contributed by atoms with Crippen molar-refractivity contribution in [1.82, 2.24) is 5.32 Å². The summed E-state index contributed by atoms with van der Waals surface area (Å²) < 4.78 is 13.3. The molecule has 2 nitrogen and oxygen atoms in total. The van der Waals surface area contributed by atoms with Crippen LogP contribution in [0.4, 0.5) is 4.39 Å². The smallest absolute Gasteiger partial charge is 0.123 e. The summed E-state index contributed by atoms with van der Waals surface area (Å²) in [6.45, 7) is 4.18. The lowest BCUT2D eigenvalue weighted by molar-refractivity contribution is 0.267. The second-order valence-corrected chi connectivity index (χ2v) is 5.78. The molecule has 2 rings (SSSR count). The van der Waals surface area contributed by atoms with Gasteiger partial charge in [-0.05, 0) is 50.8 Å². The van der Waals surface area contributed by atoms with Gasteiger partial charge < -0.3 is 10.4 Å². The maximum atomic E-state index is 13.3. The van der Waals surface area contributed by atoms with Gasteiger partial charge in [0.05, 0.1) is 0 Å². The minimum Gasteiger partial charge on any atom is -0.508 e. The Bertz CT molecular complexity index is 415. The Kier molecular flexibility index (Phi) is 4.81. The molecule has 106 valence electrons. The summed E-state index contributed by atoms with van der Waals surface area (Å²) in [7, 11) is 0. The van der Waals surface area contributed by atoms with Crippen molar-refractivity contribution in [3.63, 3.8) is 0 Å². The zero-order valence-electron chi connectivity index (χ0n) is 11.8. The lowest BCUT2D eigenvalue weighted by atomic mass is 9.84. The van der Waals surface area contributed by atoms with E-state index in [0.717, 1.165) is 0 Å². The second-order valence-electron chi connectivity index (χ2n) is 5.78. The SMILES string of the molecule is CC(N[C@@H](C)C1CCCCC1)c1cc(F)ccc1O. The van der Waals surface area contributed by atoms with E-state index in [9.17, 15) is 9.50 Å². The van der Waals surface area contributed by atoms with Gasteiger partial charge in [-0.3, -0.25) is 0 Å². The molecule has 1 unspecified atom stereocenters. The molecule has 2 N–H and O–H groups in total. The van der Waals surface area contributed by atoms with Crippen molar-refractivity contribution < 1.29 is 9.50 Å². The molecule has 1 aliphatic rings. The summed E-state index contributed by atoms with van der Waals surface area (Å²) in [4.78, 5) is 0. The highest BCUT2D eigenvalue weighted by atomic mass is 19.1. The Morgan fingerprint density at radius 2 is 1.89 bits per heavy atom. The van der Waals surface area contributed by atoms with Crippen molar-refractivity contribution in [2.45, 2.75) is 58.0 Å². The molecular formula is C16H24FNO. The largest absolute Gasteiger partial charge is 0.508 e. The van der Waals surface area contributed by atoms with Crippen LogP contribution in [-0.4, -0.2) is 11.1 Å². The molecule has 0 bridgehead atoms. The van der Waals surface area contributed by atoms with E-state index < -0.39 is 0 Å². The predicted octanol–water partition coefficient (Wildman–Crippen LogP) is 4.15. The third-order valence-corrected chi connectivity index (χ3v) is 4.33. The lowest BCUT2D eigenvalue weighted by Gasteiger charge is -2.31. The molecule has 1 fully saturated rings. The van der Waals surface area contributed by atoms with Crippen LogP contribution < -0.4 is 5.32 Å². The van der Waals surface area contributed by atoms with Crippen molar-refractivity contribution in [3.8, 4) is 5.75 Å². The monoisotopic (exact) mass is 265 g/mol. The first-order valence-electron chi connectivity index (χ1n) is 7.32. The van der Waals surface area contributed by atoms with E-state index in [0.29, 0.717) is 17.5 Å². The lowest BCUT2D eigenvalue weighted by Crippen LogP contribution is -2.36. The van der Waals surface area contributed by atoms with Gasteiger partial charge in [-0.1, -0.05) is 19.3 Å². The minimum atomic E-state index is -0.299. The topological polar surface area (TPSA) is 32.3 Å². The molecule has 0 aliphatic heterocycles. The number of benzene rings is 1. The number of rotatable bonds is 4. The van der Waals surface area contributed by atoms with Crippen LogP contribution in [0.15, 0.2) is 18.2 Å². The fourth-order valence-corrected chi connectivity index (χ4v) is 3.13. The van der Waals surface area contributed by atoms with Gasteiger partial charge in [-0.2, -0.15) is 0 Å². The summed E-state index contributed by atoms with van der Waals surface area (Å²) in [5, 5.41) is 13.3. The Morgan fingerprint density at radius 3 is 2.58 bits per heavy atom. The number of hydrogen-bond acceptors (Lipinski definition) is 2.